The highest BCUT2D eigenvalue weighted by atomic mass is 16.5. The molecule has 1 amide bonds. The van der Waals surface area contributed by atoms with Gasteiger partial charge in [-0.05, 0) is 67.8 Å². The number of aromatic amines is 1. The molecule has 0 radical (unpaired) electrons. The number of hydrogen-bond acceptors (Lipinski definition) is 6. The number of methoxy groups -OCH3 is 2. The average molecular weight is 632 g/mol. The van der Waals surface area contributed by atoms with Crippen molar-refractivity contribution in [3.05, 3.63) is 78.0 Å². The molecule has 0 bridgehead atoms. The molecule has 0 aliphatic rings. The lowest BCUT2D eigenvalue weighted by Gasteiger charge is -2.21. The van der Waals surface area contributed by atoms with E-state index >= 15 is 0 Å². The van der Waals surface area contributed by atoms with Gasteiger partial charge in [0.1, 0.15) is 11.5 Å². The summed E-state index contributed by atoms with van der Waals surface area (Å²) in [5.41, 5.74) is 3.62. The standard InChI is InChI=1S/C38H57N5O3/c1-5-7-8-9-10-11-12-13-14-15-16-25-43(24-6-2)26-23-39-33-21-18-32(19-22-33)38(44)40-37-29-34(41-42-37)20-17-31-27-35(45-3)30-36(28-31)46-4/h6,18-19,21-22,27-30,39H,2,5,7-17,20,23-26H2,1,3-4H3,(H2,40,41,42,44). The van der Waals surface area contributed by atoms with Crippen LogP contribution in [0, 0.1) is 0 Å². The molecule has 1 aromatic heterocycles. The summed E-state index contributed by atoms with van der Waals surface area (Å²) >= 11 is 0. The molecular formula is C38H57N5O3. The van der Waals surface area contributed by atoms with E-state index in [0.717, 1.165) is 67.5 Å². The van der Waals surface area contributed by atoms with E-state index in [4.69, 9.17) is 9.47 Å². The van der Waals surface area contributed by atoms with Crippen LogP contribution in [0.2, 0.25) is 0 Å². The Bertz CT molecular complexity index is 1250. The largest absolute Gasteiger partial charge is 0.497 e. The number of anilines is 2. The van der Waals surface area contributed by atoms with E-state index in [1.807, 2.05) is 54.6 Å². The molecule has 0 saturated carbocycles. The third-order valence-electron chi connectivity index (χ3n) is 8.34. The van der Waals surface area contributed by atoms with Crippen LogP contribution >= 0.6 is 0 Å². The molecule has 3 rings (SSSR count). The molecule has 0 aliphatic carbocycles. The molecule has 8 nitrogen and oxygen atoms in total. The number of unbranched alkanes of at least 4 members (excludes halogenated alkanes) is 10. The summed E-state index contributed by atoms with van der Waals surface area (Å²) in [4.78, 5) is 15.3. The van der Waals surface area contributed by atoms with Gasteiger partial charge in [-0.2, -0.15) is 5.10 Å². The molecular weight excluding hydrogens is 574 g/mol. The van der Waals surface area contributed by atoms with Crippen LogP contribution in [0.25, 0.3) is 0 Å². The fourth-order valence-corrected chi connectivity index (χ4v) is 5.61. The minimum atomic E-state index is -0.189. The quantitative estimate of drug-likeness (QED) is 0.0640. The molecule has 3 aromatic rings. The molecule has 8 heteroatoms. The molecule has 0 spiro atoms. The average Bonchev–Trinajstić information content (AvgIpc) is 3.53. The van der Waals surface area contributed by atoms with Gasteiger partial charge in [0.05, 0.1) is 14.2 Å². The fraction of sp³-hybridized carbons (Fsp3) is 0.526. The first-order valence-electron chi connectivity index (χ1n) is 17.3. The van der Waals surface area contributed by atoms with Gasteiger partial charge in [0.15, 0.2) is 5.82 Å². The predicted molar refractivity (Wildman–Crippen MR) is 192 cm³/mol. The van der Waals surface area contributed by atoms with Crippen molar-refractivity contribution in [3.8, 4) is 11.5 Å². The van der Waals surface area contributed by atoms with Gasteiger partial charge in [0, 0.05) is 48.7 Å². The van der Waals surface area contributed by atoms with Crippen molar-refractivity contribution in [1.82, 2.24) is 15.1 Å². The number of hydrogen-bond donors (Lipinski definition) is 3. The zero-order valence-corrected chi connectivity index (χ0v) is 28.5. The van der Waals surface area contributed by atoms with Gasteiger partial charge in [-0.15, -0.1) is 6.58 Å². The highest BCUT2D eigenvalue weighted by Gasteiger charge is 2.10. The third-order valence-corrected chi connectivity index (χ3v) is 8.34. The number of amides is 1. The Hall–Kier alpha value is -3.78. The number of aryl methyl sites for hydroxylation is 2. The van der Waals surface area contributed by atoms with Crippen LogP contribution in [0.1, 0.15) is 99.2 Å². The lowest BCUT2D eigenvalue weighted by molar-refractivity contribution is 0.102. The van der Waals surface area contributed by atoms with E-state index in [1.54, 1.807) is 14.2 Å². The summed E-state index contributed by atoms with van der Waals surface area (Å²) in [7, 11) is 3.29. The number of carbonyl (C=O) groups excluding carboxylic acids is 1. The van der Waals surface area contributed by atoms with Crippen molar-refractivity contribution in [2.75, 3.05) is 51.0 Å². The summed E-state index contributed by atoms with van der Waals surface area (Å²) in [5, 5.41) is 13.7. The van der Waals surface area contributed by atoms with Crippen LogP contribution in [0.4, 0.5) is 11.5 Å². The zero-order valence-electron chi connectivity index (χ0n) is 28.5. The fourth-order valence-electron chi connectivity index (χ4n) is 5.61. The van der Waals surface area contributed by atoms with Crippen molar-refractivity contribution in [1.29, 1.82) is 0 Å². The Kier molecular flexibility index (Phi) is 17.4. The van der Waals surface area contributed by atoms with E-state index in [-0.39, 0.29) is 5.91 Å². The number of nitrogens with one attached hydrogen (secondary N) is 3. The summed E-state index contributed by atoms with van der Waals surface area (Å²) in [6.07, 6.45) is 18.5. The van der Waals surface area contributed by atoms with E-state index < -0.39 is 0 Å². The molecule has 0 aliphatic heterocycles. The minimum absolute atomic E-state index is 0.189. The van der Waals surface area contributed by atoms with Crippen LogP contribution < -0.4 is 20.1 Å². The smallest absolute Gasteiger partial charge is 0.256 e. The van der Waals surface area contributed by atoms with Crippen LogP contribution in [0.3, 0.4) is 0 Å². The molecule has 0 atom stereocenters. The normalized spacial score (nSPS) is 11.0. The number of ether oxygens (including phenoxy) is 2. The first kappa shape index (κ1) is 36.7. The lowest BCUT2D eigenvalue weighted by atomic mass is 10.1. The maximum absolute atomic E-state index is 12.8. The van der Waals surface area contributed by atoms with E-state index in [1.165, 1.54) is 70.6 Å². The second-order valence-corrected chi connectivity index (χ2v) is 12.1. The van der Waals surface area contributed by atoms with Gasteiger partial charge >= 0.3 is 0 Å². The topological polar surface area (TPSA) is 91.5 Å². The Morgan fingerprint density at radius 1 is 0.848 bits per heavy atom. The van der Waals surface area contributed by atoms with E-state index in [9.17, 15) is 4.79 Å². The second kappa shape index (κ2) is 21.9. The molecule has 0 saturated heterocycles. The van der Waals surface area contributed by atoms with Crippen molar-refractivity contribution in [2.24, 2.45) is 0 Å². The zero-order chi connectivity index (χ0) is 32.8. The number of benzene rings is 2. The van der Waals surface area contributed by atoms with Crippen molar-refractivity contribution in [2.45, 2.75) is 90.4 Å². The Morgan fingerprint density at radius 3 is 2.09 bits per heavy atom. The Labute approximate surface area is 277 Å². The number of rotatable bonds is 25. The highest BCUT2D eigenvalue weighted by Crippen LogP contribution is 2.23. The van der Waals surface area contributed by atoms with Gasteiger partial charge in [0.25, 0.3) is 5.91 Å². The van der Waals surface area contributed by atoms with E-state index in [2.05, 4.69) is 39.2 Å². The summed E-state index contributed by atoms with van der Waals surface area (Å²) in [6, 6.07) is 15.3. The van der Waals surface area contributed by atoms with Crippen molar-refractivity contribution < 1.29 is 14.3 Å². The monoisotopic (exact) mass is 631 g/mol. The minimum Gasteiger partial charge on any atom is -0.497 e. The maximum Gasteiger partial charge on any atom is 0.256 e. The lowest BCUT2D eigenvalue weighted by Crippen LogP contribution is -2.30. The van der Waals surface area contributed by atoms with Crippen molar-refractivity contribution >= 4 is 17.4 Å². The summed E-state index contributed by atoms with van der Waals surface area (Å²) in [5.74, 6) is 1.84. The second-order valence-electron chi connectivity index (χ2n) is 12.1. The molecule has 0 unspecified atom stereocenters. The first-order valence-corrected chi connectivity index (χ1v) is 17.3. The summed E-state index contributed by atoms with van der Waals surface area (Å²) in [6.45, 7) is 10.0. The molecule has 0 fully saturated rings. The number of nitrogens with zero attached hydrogens (tertiary/aromatic N) is 2. The van der Waals surface area contributed by atoms with Crippen LogP contribution in [0.15, 0.2) is 61.2 Å². The third kappa shape index (κ3) is 14.1. The number of H-pyrrole nitrogens is 1. The molecule has 46 heavy (non-hydrogen) atoms. The first-order chi connectivity index (χ1) is 22.5. The van der Waals surface area contributed by atoms with Gasteiger partial charge in [-0.25, -0.2) is 0 Å². The van der Waals surface area contributed by atoms with Crippen LogP contribution in [-0.2, 0) is 12.8 Å². The van der Waals surface area contributed by atoms with Crippen LogP contribution in [-0.4, -0.2) is 61.4 Å². The number of aromatic nitrogens is 2. The van der Waals surface area contributed by atoms with Gasteiger partial charge in [-0.3, -0.25) is 14.8 Å². The molecule has 252 valence electrons. The predicted octanol–water partition coefficient (Wildman–Crippen LogP) is 8.68. The summed E-state index contributed by atoms with van der Waals surface area (Å²) < 4.78 is 10.7. The van der Waals surface area contributed by atoms with Gasteiger partial charge in [-0.1, -0.05) is 77.2 Å². The highest BCUT2D eigenvalue weighted by molar-refractivity contribution is 6.03. The molecule has 1 heterocycles. The van der Waals surface area contributed by atoms with Crippen molar-refractivity contribution in [3.63, 3.8) is 0 Å². The maximum atomic E-state index is 12.8. The SMILES string of the molecule is C=CCN(CCCCCCCCCCCCC)CCNc1ccc(C(=O)Nc2cc(CCc3cc(OC)cc(OC)c3)[nH]n2)cc1. The molecule has 3 N–H and O–H groups in total. The Morgan fingerprint density at radius 2 is 1.48 bits per heavy atom. The molecule has 2 aromatic carbocycles. The Balaban J connectivity index is 1.33. The van der Waals surface area contributed by atoms with E-state index in [0.29, 0.717) is 11.4 Å². The van der Waals surface area contributed by atoms with Gasteiger partial charge < -0.3 is 20.1 Å². The van der Waals surface area contributed by atoms with Gasteiger partial charge in [0.2, 0.25) is 0 Å². The number of carbonyl (C=O) groups is 1. The van der Waals surface area contributed by atoms with Crippen LogP contribution in [0.5, 0.6) is 11.5 Å².